The lowest BCUT2D eigenvalue weighted by Gasteiger charge is -2.21. The van der Waals surface area contributed by atoms with Gasteiger partial charge >= 0.3 is 0 Å². The molecule has 80 valence electrons. The average Bonchev–Trinajstić information content (AvgIpc) is 2.29. The topological polar surface area (TPSA) is 115 Å². The minimum absolute atomic E-state index is 0.0812. The highest BCUT2D eigenvalue weighted by molar-refractivity contribution is 5.73. The van der Waals surface area contributed by atoms with Crippen LogP contribution in [0.5, 0.6) is 0 Å². The molecule has 0 atom stereocenters. The molecule has 0 radical (unpaired) electrons. The van der Waals surface area contributed by atoms with Crippen molar-refractivity contribution in [3.05, 3.63) is 0 Å². The molecule has 6 heteroatoms. The predicted molar refractivity (Wildman–Crippen MR) is 51.7 cm³/mol. The molecule has 0 N–H and O–H groups in total. The van der Waals surface area contributed by atoms with Gasteiger partial charge in [-0.15, -0.1) is 0 Å². The highest BCUT2D eigenvalue weighted by Crippen LogP contribution is 2.04. The van der Waals surface area contributed by atoms with Crippen molar-refractivity contribution in [3.8, 4) is 24.3 Å². The van der Waals surface area contributed by atoms with Gasteiger partial charge in [-0.05, 0) is 0 Å². The van der Waals surface area contributed by atoms with Crippen LogP contribution >= 0.6 is 0 Å². The van der Waals surface area contributed by atoms with Crippen LogP contribution in [0.25, 0.3) is 0 Å². The van der Waals surface area contributed by atoms with Crippen molar-refractivity contribution in [2.45, 2.75) is 6.92 Å². The Bertz CT molecular complexity index is 354. The maximum Gasteiger partial charge on any atom is 0.219 e. The summed E-state index contributed by atoms with van der Waals surface area (Å²) in [4.78, 5) is 12.3. The van der Waals surface area contributed by atoms with Crippen molar-refractivity contribution in [3.63, 3.8) is 0 Å². The van der Waals surface area contributed by atoms with E-state index in [4.69, 9.17) is 21.0 Å². The third-order valence-electron chi connectivity index (χ3n) is 1.87. The fraction of sp³-hybridized carbons (Fsp3) is 0.500. The SMILES string of the molecule is CC(=O)N(CC(C#N)C#N)CC(C#N)C#N. The molecular weight excluding hydrogens is 206 g/mol. The summed E-state index contributed by atoms with van der Waals surface area (Å²) in [5.74, 6) is -2.25. The fourth-order valence-corrected chi connectivity index (χ4v) is 0.993. The summed E-state index contributed by atoms with van der Waals surface area (Å²) in [6, 6.07) is 6.90. The third-order valence-corrected chi connectivity index (χ3v) is 1.87. The second-order valence-electron chi connectivity index (χ2n) is 3.05. The summed E-state index contributed by atoms with van der Waals surface area (Å²) in [5, 5.41) is 34.3. The van der Waals surface area contributed by atoms with Crippen LogP contribution in [0.3, 0.4) is 0 Å². The maximum absolute atomic E-state index is 11.2. The molecule has 0 saturated carbocycles. The Kier molecular flexibility index (Phi) is 5.73. The molecule has 0 heterocycles. The van der Waals surface area contributed by atoms with Crippen molar-refractivity contribution in [1.29, 1.82) is 21.0 Å². The summed E-state index contributed by atoms with van der Waals surface area (Å²) in [5.41, 5.74) is 0. The summed E-state index contributed by atoms with van der Waals surface area (Å²) >= 11 is 0. The van der Waals surface area contributed by atoms with E-state index in [2.05, 4.69) is 0 Å². The number of carbonyl (C=O) groups is 1. The summed E-state index contributed by atoms with van der Waals surface area (Å²) in [6.45, 7) is 1.10. The predicted octanol–water partition coefficient (Wildman–Crippen LogP) is 0.162. The first-order valence-electron chi connectivity index (χ1n) is 4.43. The Morgan fingerprint density at radius 1 is 1.00 bits per heavy atom. The highest BCUT2D eigenvalue weighted by atomic mass is 16.2. The minimum Gasteiger partial charge on any atom is -0.338 e. The van der Waals surface area contributed by atoms with Gasteiger partial charge in [0.25, 0.3) is 0 Å². The quantitative estimate of drug-likeness (QED) is 0.662. The number of hydrogen-bond donors (Lipinski definition) is 0. The standard InChI is InChI=1S/C10H9N5O/c1-8(16)15(6-9(2-11)3-12)7-10(4-13)5-14/h9-10H,6-7H2,1H3. The Morgan fingerprint density at radius 2 is 1.31 bits per heavy atom. The molecule has 0 aliphatic carbocycles. The van der Waals surface area contributed by atoms with Gasteiger partial charge in [0.2, 0.25) is 5.91 Å². The molecule has 0 spiro atoms. The van der Waals surface area contributed by atoms with Crippen molar-refractivity contribution < 1.29 is 4.79 Å². The molecule has 0 saturated heterocycles. The minimum atomic E-state index is -0.943. The van der Waals surface area contributed by atoms with E-state index in [9.17, 15) is 4.79 Å². The molecule has 0 unspecified atom stereocenters. The number of amides is 1. The van der Waals surface area contributed by atoms with Gasteiger partial charge in [-0.3, -0.25) is 4.79 Å². The lowest BCUT2D eigenvalue weighted by molar-refractivity contribution is -0.129. The first-order chi connectivity index (χ1) is 7.58. The average molecular weight is 215 g/mol. The first kappa shape index (κ1) is 13.4. The number of nitriles is 4. The van der Waals surface area contributed by atoms with Gasteiger partial charge in [-0.1, -0.05) is 0 Å². The van der Waals surface area contributed by atoms with E-state index in [-0.39, 0.29) is 19.0 Å². The molecular formula is C10H9N5O. The van der Waals surface area contributed by atoms with Crippen molar-refractivity contribution in [2.75, 3.05) is 13.1 Å². The molecule has 0 bridgehead atoms. The molecule has 0 aromatic heterocycles. The monoisotopic (exact) mass is 215 g/mol. The van der Waals surface area contributed by atoms with E-state index >= 15 is 0 Å². The van der Waals surface area contributed by atoms with Crippen LogP contribution in [0.1, 0.15) is 6.92 Å². The summed E-state index contributed by atoms with van der Waals surface area (Å²) in [6.07, 6.45) is 0. The third kappa shape index (κ3) is 4.09. The van der Waals surface area contributed by atoms with Crippen molar-refractivity contribution >= 4 is 5.91 Å². The van der Waals surface area contributed by atoms with Crippen LogP contribution in [-0.2, 0) is 4.79 Å². The molecule has 0 aliphatic rings. The summed E-state index contributed by atoms with van der Waals surface area (Å²) in [7, 11) is 0. The van der Waals surface area contributed by atoms with E-state index in [1.54, 1.807) is 24.3 Å². The van der Waals surface area contributed by atoms with Crippen LogP contribution < -0.4 is 0 Å². The Labute approximate surface area is 93.5 Å². The highest BCUT2D eigenvalue weighted by Gasteiger charge is 2.19. The van der Waals surface area contributed by atoms with Gasteiger partial charge < -0.3 is 4.90 Å². The first-order valence-corrected chi connectivity index (χ1v) is 4.43. The van der Waals surface area contributed by atoms with Crippen LogP contribution in [0.4, 0.5) is 0 Å². The molecule has 0 rings (SSSR count). The van der Waals surface area contributed by atoms with E-state index in [0.717, 1.165) is 4.90 Å². The van der Waals surface area contributed by atoms with Crippen LogP contribution in [0.2, 0.25) is 0 Å². The van der Waals surface area contributed by atoms with Crippen molar-refractivity contribution in [1.82, 2.24) is 4.90 Å². The molecule has 0 fully saturated rings. The normalized spacial score (nSPS) is 8.69. The number of hydrogen-bond acceptors (Lipinski definition) is 5. The zero-order valence-electron chi connectivity index (χ0n) is 8.71. The Hall–Kier alpha value is -2.57. The zero-order chi connectivity index (χ0) is 12.6. The molecule has 0 aromatic carbocycles. The number of carbonyl (C=O) groups excluding carboxylic acids is 1. The lowest BCUT2D eigenvalue weighted by atomic mass is 10.1. The second kappa shape index (κ2) is 6.82. The van der Waals surface area contributed by atoms with Gasteiger partial charge in [0.1, 0.15) is 0 Å². The van der Waals surface area contributed by atoms with E-state index < -0.39 is 11.8 Å². The van der Waals surface area contributed by atoms with Crippen LogP contribution in [-0.4, -0.2) is 23.9 Å². The molecule has 1 amide bonds. The van der Waals surface area contributed by atoms with Crippen LogP contribution in [0, 0.1) is 57.2 Å². The Balaban J connectivity index is 4.62. The zero-order valence-corrected chi connectivity index (χ0v) is 8.71. The second-order valence-corrected chi connectivity index (χ2v) is 3.05. The van der Waals surface area contributed by atoms with Gasteiger partial charge in [0.15, 0.2) is 11.8 Å². The smallest absolute Gasteiger partial charge is 0.219 e. The van der Waals surface area contributed by atoms with E-state index in [1.807, 2.05) is 0 Å². The number of rotatable bonds is 4. The van der Waals surface area contributed by atoms with Gasteiger partial charge in [-0.25, -0.2) is 0 Å². The van der Waals surface area contributed by atoms with Crippen molar-refractivity contribution in [2.24, 2.45) is 11.8 Å². The van der Waals surface area contributed by atoms with E-state index in [1.165, 1.54) is 6.92 Å². The Morgan fingerprint density at radius 3 is 1.50 bits per heavy atom. The van der Waals surface area contributed by atoms with Crippen LogP contribution in [0.15, 0.2) is 0 Å². The van der Waals surface area contributed by atoms with Gasteiger partial charge in [-0.2, -0.15) is 21.0 Å². The number of nitrogens with zero attached hydrogens (tertiary/aromatic N) is 5. The van der Waals surface area contributed by atoms with Gasteiger partial charge in [0, 0.05) is 20.0 Å². The lowest BCUT2D eigenvalue weighted by Crippen LogP contribution is -2.36. The maximum atomic E-state index is 11.2. The largest absolute Gasteiger partial charge is 0.338 e. The molecule has 0 aromatic rings. The summed E-state index contributed by atoms with van der Waals surface area (Å²) < 4.78 is 0. The molecule has 0 aliphatic heterocycles. The fourth-order valence-electron chi connectivity index (χ4n) is 0.993. The van der Waals surface area contributed by atoms with Gasteiger partial charge in [0.05, 0.1) is 24.3 Å². The molecule has 6 nitrogen and oxygen atoms in total. The molecule has 16 heavy (non-hydrogen) atoms. The van der Waals surface area contributed by atoms with E-state index in [0.29, 0.717) is 0 Å².